The number of thioether (sulfide) groups is 1. The van der Waals surface area contributed by atoms with Crippen molar-refractivity contribution in [3.05, 3.63) is 29.3 Å². The Morgan fingerprint density at radius 2 is 1.94 bits per heavy atom. The zero-order valence-electron chi connectivity index (χ0n) is 19.9. The van der Waals surface area contributed by atoms with Gasteiger partial charge >= 0.3 is 0 Å². The Hall–Kier alpha value is -2.06. The highest BCUT2D eigenvalue weighted by atomic mass is 32.2. The zero-order valence-corrected chi connectivity index (χ0v) is 20.7. The molecule has 0 aliphatic carbocycles. The number of aryl methyl sites for hydroxylation is 2. The van der Waals surface area contributed by atoms with Crippen LogP contribution < -0.4 is 10.6 Å². The summed E-state index contributed by atoms with van der Waals surface area (Å²) in [4.78, 5) is 42.4. The molecule has 3 unspecified atom stereocenters. The van der Waals surface area contributed by atoms with Gasteiger partial charge in [-0.3, -0.25) is 14.4 Å². The highest BCUT2D eigenvalue weighted by Crippen LogP contribution is 2.68. The van der Waals surface area contributed by atoms with E-state index in [1.807, 2.05) is 39.0 Å². The molecule has 3 aliphatic heterocycles. The third-order valence-corrected chi connectivity index (χ3v) is 9.71. The summed E-state index contributed by atoms with van der Waals surface area (Å²) in [5.41, 5.74) is 2.72. The van der Waals surface area contributed by atoms with Crippen LogP contribution in [0, 0.1) is 31.6 Å². The molecule has 3 aliphatic rings. The van der Waals surface area contributed by atoms with Crippen LogP contribution in [0.25, 0.3) is 0 Å². The molecule has 0 radical (unpaired) electrons. The van der Waals surface area contributed by atoms with Crippen molar-refractivity contribution in [3.63, 3.8) is 0 Å². The van der Waals surface area contributed by atoms with E-state index in [1.54, 1.807) is 16.7 Å². The van der Waals surface area contributed by atoms with Gasteiger partial charge in [0.25, 0.3) is 0 Å². The maximum absolute atomic E-state index is 13.9. The molecule has 33 heavy (non-hydrogen) atoms. The summed E-state index contributed by atoms with van der Waals surface area (Å²) in [6, 6.07) is 5.20. The Kier molecular flexibility index (Phi) is 6.78. The van der Waals surface area contributed by atoms with Crippen molar-refractivity contribution in [2.45, 2.75) is 63.0 Å². The number of aliphatic hydroxyl groups excluding tert-OH is 1. The van der Waals surface area contributed by atoms with Crippen LogP contribution in [0.4, 0.5) is 5.69 Å². The molecule has 0 aromatic heterocycles. The van der Waals surface area contributed by atoms with Crippen molar-refractivity contribution in [2.75, 3.05) is 25.0 Å². The third-order valence-electron chi connectivity index (χ3n) is 7.63. The van der Waals surface area contributed by atoms with Crippen LogP contribution in [0.15, 0.2) is 18.2 Å². The minimum absolute atomic E-state index is 0.0429. The lowest BCUT2D eigenvalue weighted by Gasteiger charge is -2.38. The highest BCUT2D eigenvalue weighted by Gasteiger charge is 2.75. The number of likely N-dealkylation sites (tertiary alicyclic amines) is 1. The molecular weight excluding hydrogens is 438 g/mol. The number of amides is 3. The standard InChI is InChI=1S/C25H35N3O4S/c1-5-10-26-22(30)18-17-13-16(4)25(33-17)19(18)24(32)28(11-7-12-29)21(25)23(31)27-20-14(2)8-6-9-15(20)3/h6,8-9,16-19,21,29H,5,7,10-13H2,1-4H3,(H,26,30)(H,27,31)/t16?,17-,18+,19+,21?,25?/m1/s1. The number of hydrogen-bond acceptors (Lipinski definition) is 5. The second-order valence-electron chi connectivity index (χ2n) is 9.71. The van der Waals surface area contributed by atoms with E-state index in [-0.39, 0.29) is 35.5 Å². The maximum Gasteiger partial charge on any atom is 0.248 e. The number of carbonyl (C=O) groups excluding carboxylic acids is 3. The van der Waals surface area contributed by atoms with Crippen molar-refractivity contribution >= 4 is 35.2 Å². The number of carbonyl (C=O) groups is 3. The van der Waals surface area contributed by atoms with Crippen molar-refractivity contribution in [2.24, 2.45) is 17.8 Å². The SMILES string of the molecule is CCCNC(=O)[C@@H]1[C@H]2C(=O)N(CCCO)C(C(=O)Nc3c(C)cccc3C)C23S[C@@H]1CC3C. The minimum Gasteiger partial charge on any atom is -0.396 e. The van der Waals surface area contributed by atoms with Gasteiger partial charge in [-0.1, -0.05) is 32.0 Å². The lowest BCUT2D eigenvalue weighted by Crippen LogP contribution is -2.55. The number of aliphatic hydroxyl groups is 1. The molecule has 3 saturated heterocycles. The number of para-hydroxylation sites is 1. The summed E-state index contributed by atoms with van der Waals surface area (Å²) < 4.78 is -0.633. The average Bonchev–Trinajstić information content (AvgIpc) is 3.37. The lowest BCUT2D eigenvalue weighted by molar-refractivity contribution is -0.139. The fraction of sp³-hybridized carbons (Fsp3) is 0.640. The monoisotopic (exact) mass is 473 g/mol. The lowest BCUT2D eigenvalue weighted by atomic mass is 9.66. The number of hydrogen-bond donors (Lipinski definition) is 3. The molecule has 3 heterocycles. The molecule has 1 spiro atoms. The number of benzene rings is 1. The van der Waals surface area contributed by atoms with Crippen LogP contribution in [0.2, 0.25) is 0 Å². The molecule has 7 nitrogen and oxygen atoms in total. The number of fused-ring (bicyclic) bond motifs is 1. The van der Waals surface area contributed by atoms with Crippen LogP contribution >= 0.6 is 11.8 Å². The second kappa shape index (κ2) is 9.29. The first kappa shape index (κ1) is 24.1. The predicted molar refractivity (Wildman–Crippen MR) is 130 cm³/mol. The van der Waals surface area contributed by atoms with Gasteiger partial charge in [0.1, 0.15) is 6.04 Å². The summed E-state index contributed by atoms with van der Waals surface area (Å²) >= 11 is 1.68. The fourth-order valence-corrected chi connectivity index (χ4v) is 8.59. The Morgan fingerprint density at radius 1 is 1.24 bits per heavy atom. The number of rotatable bonds is 8. The summed E-state index contributed by atoms with van der Waals surface area (Å²) in [5.74, 6) is -1.19. The zero-order chi connectivity index (χ0) is 23.9. The normalized spacial score (nSPS) is 32.2. The van der Waals surface area contributed by atoms with Gasteiger partial charge in [0.05, 0.1) is 16.6 Å². The molecule has 6 atom stereocenters. The molecule has 3 fully saturated rings. The number of nitrogens with one attached hydrogen (secondary N) is 2. The largest absolute Gasteiger partial charge is 0.396 e. The first-order chi connectivity index (χ1) is 15.8. The van der Waals surface area contributed by atoms with Crippen LogP contribution in [-0.2, 0) is 14.4 Å². The first-order valence-electron chi connectivity index (χ1n) is 12.0. The van der Waals surface area contributed by atoms with Crippen LogP contribution in [0.3, 0.4) is 0 Å². The molecule has 8 heteroatoms. The Balaban J connectivity index is 1.72. The Bertz CT molecular complexity index is 933. The van der Waals surface area contributed by atoms with Crippen LogP contribution in [0.5, 0.6) is 0 Å². The van der Waals surface area contributed by atoms with Crippen molar-refractivity contribution < 1.29 is 19.5 Å². The molecule has 3 N–H and O–H groups in total. The van der Waals surface area contributed by atoms with Gasteiger partial charge in [-0.15, -0.1) is 11.8 Å². The van der Waals surface area contributed by atoms with Gasteiger partial charge in [-0.2, -0.15) is 0 Å². The van der Waals surface area contributed by atoms with E-state index in [2.05, 4.69) is 17.6 Å². The summed E-state index contributed by atoms with van der Waals surface area (Å²) in [5, 5.41) is 15.6. The van der Waals surface area contributed by atoms with E-state index in [0.717, 1.165) is 29.7 Å². The number of nitrogens with zero attached hydrogens (tertiary/aromatic N) is 1. The summed E-state index contributed by atoms with van der Waals surface area (Å²) in [7, 11) is 0. The second-order valence-corrected chi connectivity index (χ2v) is 11.3. The first-order valence-corrected chi connectivity index (χ1v) is 12.9. The van der Waals surface area contributed by atoms with E-state index < -0.39 is 22.6 Å². The molecule has 1 aromatic rings. The Morgan fingerprint density at radius 3 is 2.58 bits per heavy atom. The molecule has 3 amide bonds. The minimum atomic E-state index is -0.672. The van der Waals surface area contributed by atoms with Gasteiger partial charge < -0.3 is 20.6 Å². The van der Waals surface area contributed by atoms with E-state index in [9.17, 15) is 19.5 Å². The van der Waals surface area contributed by atoms with Crippen LogP contribution in [0.1, 0.15) is 44.2 Å². The number of anilines is 1. The highest BCUT2D eigenvalue weighted by molar-refractivity contribution is 8.02. The van der Waals surface area contributed by atoms with E-state index in [1.165, 1.54) is 0 Å². The van der Waals surface area contributed by atoms with Crippen molar-refractivity contribution in [1.29, 1.82) is 0 Å². The van der Waals surface area contributed by atoms with Gasteiger partial charge in [-0.05, 0) is 50.2 Å². The van der Waals surface area contributed by atoms with Gasteiger partial charge in [0.15, 0.2) is 0 Å². The smallest absolute Gasteiger partial charge is 0.248 e. The molecule has 0 saturated carbocycles. The van der Waals surface area contributed by atoms with Crippen LogP contribution in [-0.4, -0.2) is 63.5 Å². The van der Waals surface area contributed by atoms with Crippen molar-refractivity contribution in [3.8, 4) is 0 Å². The quantitative estimate of drug-likeness (QED) is 0.539. The van der Waals surface area contributed by atoms with E-state index in [4.69, 9.17) is 0 Å². The molecule has 1 aromatic carbocycles. The molecular formula is C25H35N3O4S. The average molecular weight is 474 g/mol. The van der Waals surface area contributed by atoms with Gasteiger partial charge in [0, 0.05) is 30.6 Å². The van der Waals surface area contributed by atoms with Gasteiger partial charge in [0.2, 0.25) is 17.7 Å². The molecule has 2 bridgehead atoms. The predicted octanol–water partition coefficient (Wildman–Crippen LogP) is 2.49. The van der Waals surface area contributed by atoms with Gasteiger partial charge in [-0.25, -0.2) is 0 Å². The maximum atomic E-state index is 13.9. The Labute approximate surface area is 200 Å². The summed E-state index contributed by atoms with van der Waals surface area (Å²) in [6.07, 6.45) is 2.05. The van der Waals surface area contributed by atoms with E-state index in [0.29, 0.717) is 19.5 Å². The van der Waals surface area contributed by atoms with E-state index >= 15 is 0 Å². The molecule has 180 valence electrons. The third kappa shape index (κ3) is 3.75. The topological polar surface area (TPSA) is 98.7 Å². The van der Waals surface area contributed by atoms with Crippen molar-refractivity contribution in [1.82, 2.24) is 10.2 Å². The fourth-order valence-electron chi connectivity index (χ4n) is 6.17. The molecule has 4 rings (SSSR count). The summed E-state index contributed by atoms with van der Waals surface area (Å²) in [6.45, 7) is 8.87.